The van der Waals surface area contributed by atoms with Crippen LogP contribution in [-0.2, 0) is 14.1 Å². The molecule has 0 saturated carbocycles. The molecule has 5 rings (SSSR count). The average Bonchev–Trinajstić information content (AvgIpc) is 3.12. The van der Waals surface area contributed by atoms with Gasteiger partial charge in [0.05, 0.1) is 35.2 Å². The Hall–Kier alpha value is -4.58. The molecule has 0 radical (unpaired) electrons. The number of aromatic hydroxyl groups is 1. The van der Waals surface area contributed by atoms with Crippen molar-refractivity contribution >= 4 is 28.6 Å². The van der Waals surface area contributed by atoms with E-state index in [9.17, 15) is 19.5 Å². The van der Waals surface area contributed by atoms with Gasteiger partial charge in [-0.15, -0.1) is 0 Å². The van der Waals surface area contributed by atoms with Crippen LogP contribution in [0.5, 0.6) is 11.6 Å². The van der Waals surface area contributed by atoms with Gasteiger partial charge in [-0.1, -0.05) is 0 Å². The Bertz CT molecular complexity index is 1720. The Morgan fingerprint density at radius 3 is 2.21 bits per heavy atom. The van der Waals surface area contributed by atoms with Crippen LogP contribution >= 0.6 is 0 Å². The number of hydrogen-bond donors (Lipinski definition) is 2. The summed E-state index contributed by atoms with van der Waals surface area (Å²) in [5.74, 6) is 0.0386. The number of aromatic amines is 1. The number of aromatic nitrogens is 4. The standard InChI is InChI=1S/C26H29N7O5/c1-29-9-11-32(12-10-29)20-14-22-21(30(2)26(37)31(22)3)13-19(20)27-15-18-23(34)28-25(36)33(24(18)35)16-5-7-17(38-4)8-6-16/h5-8,13-15,35H,9-12H2,1-4H3,(H,28,34,36). The summed E-state index contributed by atoms with van der Waals surface area (Å²) >= 11 is 0. The molecule has 38 heavy (non-hydrogen) atoms. The summed E-state index contributed by atoms with van der Waals surface area (Å²) < 4.78 is 9.27. The lowest BCUT2D eigenvalue weighted by atomic mass is 10.2. The topological polar surface area (TPSA) is 130 Å². The Morgan fingerprint density at radius 1 is 0.947 bits per heavy atom. The molecule has 198 valence electrons. The van der Waals surface area contributed by atoms with E-state index in [0.29, 0.717) is 22.6 Å². The van der Waals surface area contributed by atoms with Crippen molar-refractivity contribution in [2.45, 2.75) is 0 Å². The number of benzene rings is 2. The molecule has 0 bridgehead atoms. The second-order valence-electron chi connectivity index (χ2n) is 9.31. The van der Waals surface area contributed by atoms with E-state index in [-0.39, 0.29) is 11.3 Å². The molecule has 3 heterocycles. The van der Waals surface area contributed by atoms with Crippen LogP contribution in [-0.4, -0.2) is 75.2 Å². The van der Waals surface area contributed by atoms with Crippen LogP contribution in [0.4, 0.5) is 11.4 Å². The molecular formula is C26H29N7O5. The Balaban J connectivity index is 1.64. The summed E-state index contributed by atoms with van der Waals surface area (Å²) in [6, 6.07) is 10.2. The highest BCUT2D eigenvalue weighted by Gasteiger charge is 2.21. The van der Waals surface area contributed by atoms with Crippen molar-refractivity contribution in [2.24, 2.45) is 19.1 Å². The fourth-order valence-electron chi connectivity index (χ4n) is 4.69. The molecule has 1 aliphatic rings. The van der Waals surface area contributed by atoms with Gasteiger partial charge in [0.1, 0.15) is 11.3 Å². The molecule has 0 amide bonds. The monoisotopic (exact) mass is 519 g/mol. The van der Waals surface area contributed by atoms with Crippen LogP contribution in [0.3, 0.4) is 0 Å². The van der Waals surface area contributed by atoms with Crippen molar-refractivity contribution in [2.75, 3.05) is 45.2 Å². The number of aryl methyl sites for hydroxylation is 2. The second kappa shape index (κ2) is 9.71. The van der Waals surface area contributed by atoms with Gasteiger partial charge >= 0.3 is 11.4 Å². The van der Waals surface area contributed by atoms with E-state index in [1.165, 1.54) is 17.9 Å². The molecule has 4 aromatic rings. The maximum Gasteiger partial charge on any atom is 0.335 e. The number of aliphatic imine (C=N–C) groups is 1. The van der Waals surface area contributed by atoms with E-state index in [0.717, 1.165) is 42.0 Å². The molecule has 0 spiro atoms. The number of hydrogen-bond acceptors (Lipinski definition) is 8. The minimum Gasteiger partial charge on any atom is -0.497 e. The summed E-state index contributed by atoms with van der Waals surface area (Å²) in [4.78, 5) is 49.1. The minimum absolute atomic E-state index is 0.161. The smallest absolute Gasteiger partial charge is 0.335 e. The summed E-state index contributed by atoms with van der Waals surface area (Å²) in [6.07, 6.45) is 1.25. The molecular weight excluding hydrogens is 490 g/mol. The number of methoxy groups -OCH3 is 1. The predicted octanol–water partition coefficient (Wildman–Crippen LogP) is 0.933. The first kappa shape index (κ1) is 25.1. The number of anilines is 1. The summed E-state index contributed by atoms with van der Waals surface area (Å²) in [6.45, 7) is 3.25. The maximum atomic E-state index is 12.7. The van der Waals surface area contributed by atoms with Gasteiger partial charge in [0, 0.05) is 46.5 Å². The number of H-pyrrole nitrogens is 1. The van der Waals surface area contributed by atoms with Gasteiger partial charge in [0.15, 0.2) is 0 Å². The molecule has 2 N–H and O–H groups in total. The number of fused-ring (bicyclic) bond motifs is 1. The van der Waals surface area contributed by atoms with Crippen LogP contribution in [0.1, 0.15) is 5.56 Å². The number of imidazole rings is 1. The quantitative estimate of drug-likeness (QED) is 0.375. The predicted molar refractivity (Wildman–Crippen MR) is 146 cm³/mol. The van der Waals surface area contributed by atoms with Gasteiger partial charge in [-0.2, -0.15) is 0 Å². The summed E-state index contributed by atoms with van der Waals surface area (Å²) in [5.41, 5.74) is 1.25. The van der Waals surface area contributed by atoms with Crippen molar-refractivity contribution in [3.8, 4) is 17.3 Å². The van der Waals surface area contributed by atoms with Crippen molar-refractivity contribution in [3.05, 3.63) is 73.3 Å². The van der Waals surface area contributed by atoms with E-state index in [4.69, 9.17) is 4.74 Å². The fourth-order valence-corrected chi connectivity index (χ4v) is 4.69. The number of rotatable bonds is 5. The number of piperazine rings is 1. The minimum atomic E-state index is -0.784. The number of likely N-dealkylation sites (N-methyl/N-ethyl adjacent to an activating group) is 1. The van der Waals surface area contributed by atoms with E-state index in [2.05, 4.69) is 26.8 Å². The largest absolute Gasteiger partial charge is 0.497 e. The highest BCUT2D eigenvalue weighted by atomic mass is 16.5. The lowest BCUT2D eigenvalue weighted by Gasteiger charge is -2.34. The van der Waals surface area contributed by atoms with Crippen molar-refractivity contribution < 1.29 is 9.84 Å². The Kier molecular flexibility index (Phi) is 6.41. The normalized spacial score (nSPS) is 14.6. The zero-order valence-electron chi connectivity index (χ0n) is 21.6. The fraction of sp³-hybridized carbons (Fsp3) is 0.308. The number of nitrogens with one attached hydrogen (secondary N) is 1. The van der Waals surface area contributed by atoms with Crippen LogP contribution in [0, 0.1) is 0 Å². The first-order valence-corrected chi connectivity index (χ1v) is 12.1. The van der Waals surface area contributed by atoms with Gasteiger partial charge in [-0.3, -0.25) is 23.9 Å². The van der Waals surface area contributed by atoms with Gasteiger partial charge in [0.2, 0.25) is 5.88 Å². The van der Waals surface area contributed by atoms with Gasteiger partial charge in [-0.05, 0) is 43.4 Å². The zero-order valence-corrected chi connectivity index (χ0v) is 21.6. The molecule has 1 saturated heterocycles. The highest BCUT2D eigenvalue weighted by molar-refractivity contribution is 5.92. The number of ether oxygens (including phenoxy) is 1. The van der Waals surface area contributed by atoms with E-state index in [1.54, 1.807) is 49.0 Å². The molecule has 2 aromatic heterocycles. The van der Waals surface area contributed by atoms with Crippen molar-refractivity contribution in [1.29, 1.82) is 0 Å². The zero-order chi connectivity index (χ0) is 27.1. The molecule has 12 nitrogen and oxygen atoms in total. The third kappa shape index (κ3) is 4.28. The van der Waals surface area contributed by atoms with Crippen LogP contribution in [0.2, 0.25) is 0 Å². The molecule has 0 atom stereocenters. The van der Waals surface area contributed by atoms with E-state index >= 15 is 0 Å². The third-order valence-corrected chi connectivity index (χ3v) is 7.00. The highest BCUT2D eigenvalue weighted by Crippen LogP contribution is 2.34. The Morgan fingerprint density at radius 2 is 1.58 bits per heavy atom. The van der Waals surface area contributed by atoms with Crippen molar-refractivity contribution in [3.63, 3.8) is 0 Å². The number of nitrogens with zero attached hydrogens (tertiary/aromatic N) is 6. The van der Waals surface area contributed by atoms with Gasteiger partial charge in [0.25, 0.3) is 5.56 Å². The third-order valence-electron chi connectivity index (χ3n) is 7.00. The SMILES string of the molecule is COc1ccc(-n2c(O)c(C=Nc3cc4c(cc3N3CCN(C)CC3)n(C)c(=O)n4C)c(=O)[nH]c2=O)cc1. The molecule has 12 heteroatoms. The molecule has 0 aliphatic carbocycles. The van der Waals surface area contributed by atoms with E-state index < -0.39 is 17.1 Å². The van der Waals surface area contributed by atoms with Gasteiger partial charge < -0.3 is 19.6 Å². The second-order valence-corrected chi connectivity index (χ2v) is 9.31. The molecule has 1 aliphatic heterocycles. The molecule has 0 unspecified atom stereocenters. The van der Waals surface area contributed by atoms with Gasteiger partial charge in [-0.25, -0.2) is 14.2 Å². The van der Waals surface area contributed by atoms with Crippen LogP contribution in [0.15, 0.2) is 55.8 Å². The lowest BCUT2D eigenvalue weighted by Crippen LogP contribution is -2.44. The van der Waals surface area contributed by atoms with Crippen LogP contribution in [0.25, 0.3) is 16.7 Å². The first-order valence-electron chi connectivity index (χ1n) is 12.1. The average molecular weight is 520 g/mol. The van der Waals surface area contributed by atoms with E-state index in [1.807, 2.05) is 6.07 Å². The summed E-state index contributed by atoms with van der Waals surface area (Å²) in [5, 5.41) is 11.0. The first-order chi connectivity index (χ1) is 18.2. The van der Waals surface area contributed by atoms with Crippen molar-refractivity contribution in [1.82, 2.24) is 23.6 Å². The maximum absolute atomic E-state index is 12.7. The summed E-state index contributed by atoms with van der Waals surface area (Å²) in [7, 11) is 7.00. The molecule has 1 fully saturated rings. The van der Waals surface area contributed by atoms with Crippen LogP contribution < -0.4 is 26.6 Å². The lowest BCUT2D eigenvalue weighted by molar-refractivity contribution is 0.313. The Labute approximate surface area is 217 Å². The molecule has 2 aromatic carbocycles.